The number of carbonyl (C=O) groups excluding carboxylic acids is 2. The Morgan fingerprint density at radius 2 is 1.93 bits per heavy atom. The molecule has 2 amide bonds. The molecule has 7 nitrogen and oxygen atoms in total. The van der Waals surface area contributed by atoms with E-state index in [2.05, 4.69) is 4.89 Å². The molecular formula is C7H13N3O4. The maximum absolute atomic E-state index is 11.3. The molecule has 0 saturated carbocycles. The standard InChI is InChI=1S/C7H13N3O4/c8-9-4-6(11)10(7(12)5-9)2-1-3-14-13/h13H,1-5,8H2. The van der Waals surface area contributed by atoms with Gasteiger partial charge in [-0.3, -0.25) is 25.6 Å². The van der Waals surface area contributed by atoms with Gasteiger partial charge >= 0.3 is 0 Å². The van der Waals surface area contributed by atoms with Crippen molar-refractivity contribution in [3.05, 3.63) is 0 Å². The van der Waals surface area contributed by atoms with Crippen LogP contribution in [0.4, 0.5) is 0 Å². The predicted molar refractivity (Wildman–Crippen MR) is 45.7 cm³/mol. The molecule has 0 unspecified atom stereocenters. The Kier molecular flexibility index (Phi) is 3.96. The highest BCUT2D eigenvalue weighted by atomic mass is 17.1. The van der Waals surface area contributed by atoms with E-state index in [0.717, 1.165) is 4.90 Å². The number of amides is 2. The summed E-state index contributed by atoms with van der Waals surface area (Å²) >= 11 is 0. The Labute approximate surface area is 80.9 Å². The second kappa shape index (κ2) is 5.01. The molecule has 1 heterocycles. The van der Waals surface area contributed by atoms with Gasteiger partial charge < -0.3 is 0 Å². The summed E-state index contributed by atoms with van der Waals surface area (Å²) in [4.78, 5) is 27.5. The molecule has 0 bridgehead atoms. The van der Waals surface area contributed by atoms with Gasteiger partial charge in [0.15, 0.2) is 0 Å². The van der Waals surface area contributed by atoms with E-state index in [1.165, 1.54) is 5.01 Å². The van der Waals surface area contributed by atoms with Crippen LogP contribution in [-0.4, -0.2) is 53.2 Å². The first-order valence-electron chi connectivity index (χ1n) is 4.24. The fraction of sp³-hybridized carbons (Fsp3) is 0.714. The highest BCUT2D eigenvalue weighted by Crippen LogP contribution is 2.02. The number of rotatable bonds is 4. The van der Waals surface area contributed by atoms with Gasteiger partial charge in [-0.05, 0) is 6.42 Å². The van der Waals surface area contributed by atoms with Gasteiger partial charge in [-0.15, -0.1) is 0 Å². The van der Waals surface area contributed by atoms with Crippen molar-refractivity contribution in [2.75, 3.05) is 26.2 Å². The molecule has 0 aromatic heterocycles. The van der Waals surface area contributed by atoms with Crippen molar-refractivity contribution in [3.8, 4) is 0 Å². The largest absolute Gasteiger partial charge is 0.280 e. The lowest BCUT2D eigenvalue weighted by atomic mass is 10.3. The molecule has 0 radical (unpaired) electrons. The monoisotopic (exact) mass is 203 g/mol. The van der Waals surface area contributed by atoms with E-state index >= 15 is 0 Å². The van der Waals surface area contributed by atoms with Crippen molar-refractivity contribution >= 4 is 11.8 Å². The van der Waals surface area contributed by atoms with Crippen molar-refractivity contribution in [1.29, 1.82) is 0 Å². The first-order valence-corrected chi connectivity index (χ1v) is 4.24. The first-order chi connectivity index (χ1) is 6.65. The van der Waals surface area contributed by atoms with E-state index in [1.54, 1.807) is 0 Å². The topological polar surface area (TPSA) is 96.1 Å². The van der Waals surface area contributed by atoms with Gasteiger partial charge in [-0.25, -0.2) is 9.90 Å². The van der Waals surface area contributed by atoms with Crippen molar-refractivity contribution < 1.29 is 19.7 Å². The van der Waals surface area contributed by atoms with Crippen molar-refractivity contribution in [3.63, 3.8) is 0 Å². The Hall–Kier alpha value is -1.02. The minimum Gasteiger partial charge on any atom is -0.280 e. The van der Waals surface area contributed by atoms with Gasteiger partial charge in [0.25, 0.3) is 0 Å². The van der Waals surface area contributed by atoms with Gasteiger partial charge in [0.1, 0.15) is 0 Å². The van der Waals surface area contributed by atoms with Gasteiger partial charge in [0.2, 0.25) is 11.8 Å². The van der Waals surface area contributed by atoms with Crippen LogP contribution >= 0.6 is 0 Å². The maximum Gasteiger partial charge on any atom is 0.244 e. The lowest BCUT2D eigenvalue weighted by Crippen LogP contribution is -2.56. The van der Waals surface area contributed by atoms with E-state index in [0.29, 0.717) is 6.42 Å². The van der Waals surface area contributed by atoms with Crippen molar-refractivity contribution in [2.45, 2.75) is 6.42 Å². The summed E-state index contributed by atoms with van der Waals surface area (Å²) in [5, 5.41) is 9.22. The Balaban J connectivity index is 2.42. The van der Waals surface area contributed by atoms with Crippen LogP contribution in [0.25, 0.3) is 0 Å². The second-order valence-electron chi connectivity index (χ2n) is 3.03. The quantitative estimate of drug-likeness (QED) is 0.188. The average molecular weight is 203 g/mol. The second-order valence-corrected chi connectivity index (χ2v) is 3.03. The fourth-order valence-electron chi connectivity index (χ4n) is 1.25. The summed E-state index contributed by atoms with van der Waals surface area (Å²) in [6, 6.07) is 0. The van der Waals surface area contributed by atoms with E-state index < -0.39 is 0 Å². The molecule has 3 N–H and O–H groups in total. The van der Waals surface area contributed by atoms with Crippen LogP contribution in [0.5, 0.6) is 0 Å². The highest BCUT2D eigenvalue weighted by Gasteiger charge is 2.28. The number of piperazine rings is 1. The molecular weight excluding hydrogens is 190 g/mol. The van der Waals surface area contributed by atoms with Crippen LogP contribution in [0.1, 0.15) is 6.42 Å². The van der Waals surface area contributed by atoms with E-state index in [-0.39, 0.29) is 38.1 Å². The summed E-state index contributed by atoms with van der Waals surface area (Å²) in [7, 11) is 0. The Morgan fingerprint density at radius 3 is 2.43 bits per heavy atom. The number of hydrazine groups is 1. The maximum atomic E-state index is 11.3. The molecule has 1 fully saturated rings. The minimum absolute atomic E-state index is 0.0473. The smallest absolute Gasteiger partial charge is 0.244 e. The third-order valence-electron chi connectivity index (χ3n) is 1.90. The molecule has 0 aliphatic carbocycles. The summed E-state index contributed by atoms with van der Waals surface area (Å²) in [5.74, 6) is 4.70. The number of nitrogens with two attached hydrogens (primary N) is 1. The molecule has 1 rings (SSSR count). The molecule has 80 valence electrons. The third-order valence-corrected chi connectivity index (χ3v) is 1.90. The van der Waals surface area contributed by atoms with Crippen LogP contribution in [0.3, 0.4) is 0 Å². The van der Waals surface area contributed by atoms with Crippen LogP contribution in [0.2, 0.25) is 0 Å². The molecule has 1 saturated heterocycles. The molecule has 0 atom stereocenters. The zero-order valence-corrected chi connectivity index (χ0v) is 7.68. The molecule has 0 aromatic rings. The van der Waals surface area contributed by atoms with Crippen molar-refractivity contribution in [2.24, 2.45) is 5.84 Å². The third kappa shape index (κ3) is 2.74. The highest BCUT2D eigenvalue weighted by molar-refractivity contribution is 5.99. The van der Waals surface area contributed by atoms with Crippen LogP contribution in [-0.2, 0) is 14.5 Å². The molecule has 1 aliphatic heterocycles. The number of imide groups is 1. The SMILES string of the molecule is NN1CC(=O)N(CCCOO)C(=O)C1. The Bertz CT molecular complexity index is 215. The van der Waals surface area contributed by atoms with Crippen LogP contribution in [0.15, 0.2) is 0 Å². The van der Waals surface area contributed by atoms with E-state index in [4.69, 9.17) is 11.1 Å². The fourth-order valence-corrected chi connectivity index (χ4v) is 1.25. The zero-order valence-electron chi connectivity index (χ0n) is 7.68. The average Bonchev–Trinajstić information content (AvgIpc) is 2.09. The predicted octanol–water partition coefficient (Wildman–Crippen LogP) is -1.59. The molecule has 7 heteroatoms. The summed E-state index contributed by atoms with van der Waals surface area (Å²) in [5.41, 5.74) is 0. The normalized spacial score (nSPS) is 19.1. The van der Waals surface area contributed by atoms with E-state index in [9.17, 15) is 9.59 Å². The molecule has 14 heavy (non-hydrogen) atoms. The van der Waals surface area contributed by atoms with Gasteiger partial charge in [-0.1, -0.05) is 0 Å². The number of hydrogen-bond acceptors (Lipinski definition) is 6. The van der Waals surface area contributed by atoms with Gasteiger partial charge in [-0.2, -0.15) is 0 Å². The Morgan fingerprint density at radius 1 is 1.36 bits per heavy atom. The molecule has 1 aliphatic rings. The number of nitrogens with zero attached hydrogens (tertiary/aromatic N) is 2. The van der Waals surface area contributed by atoms with Gasteiger partial charge in [0.05, 0.1) is 19.7 Å². The molecule has 0 aromatic carbocycles. The van der Waals surface area contributed by atoms with E-state index in [1.807, 2.05) is 0 Å². The lowest BCUT2D eigenvalue weighted by Gasteiger charge is -2.29. The minimum atomic E-state index is -0.318. The summed E-state index contributed by atoms with van der Waals surface area (Å²) in [6.07, 6.45) is 0.415. The van der Waals surface area contributed by atoms with Crippen LogP contribution in [0, 0.1) is 0 Å². The lowest BCUT2D eigenvalue weighted by molar-refractivity contribution is -0.243. The zero-order chi connectivity index (χ0) is 10.6. The molecule has 0 spiro atoms. The van der Waals surface area contributed by atoms with Crippen molar-refractivity contribution in [1.82, 2.24) is 9.91 Å². The van der Waals surface area contributed by atoms with Gasteiger partial charge in [0, 0.05) is 6.54 Å². The number of carbonyl (C=O) groups is 2. The summed E-state index contributed by atoms with van der Waals surface area (Å²) in [6.45, 7) is 0.451. The van der Waals surface area contributed by atoms with Crippen LogP contribution < -0.4 is 5.84 Å². The first kappa shape index (κ1) is 11.1. The summed E-state index contributed by atoms with van der Waals surface area (Å²) < 4.78 is 0. The number of hydrogen-bond donors (Lipinski definition) is 2.